The van der Waals surface area contributed by atoms with Crippen molar-refractivity contribution in [1.29, 1.82) is 5.26 Å². The Morgan fingerprint density at radius 3 is 2.37 bits per heavy atom. The van der Waals surface area contributed by atoms with Crippen LogP contribution in [0.15, 0.2) is 29.6 Å². The molecule has 96 valence electrons. The zero-order valence-corrected chi connectivity index (χ0v) is 10.2. The molecule has 0 fully saturated rings. The van der Waals surface area contributed by atoms with Crippen molar-refractivity contribution >= 4 is 17.1 Å². The lowest BCUT2D eigenvalue weighted by Crippen LogP contribution is -2.14. The van der Waals surface area contributed by atoms with Crippen molar-refractivity contribution in [3.05, 3.63) is 57.5 Å². The van der Waals surface area contributed by atoms with Gasteiger partial charge in [0, 0.05) is 17.0 Å². The van der Waals surface area contributed by atoms with Gasteiger partial charge in [0.15, 0.2) is 5.78 Å². The van der Waals surface area contributed by atoms with E-state index in [-0.39, 0.29) is 0 Å². The molecule has 0 N–H and O–H groups in total. The lowest BCUT2D eigenvalue weighted by molar-refractivity contribution is 0.0971. The Morgan fingerprint density at radius 2 is 1.89 bits per heavy atom. The lowest BCUT2D eigenvalue weighted by atomic mass is 9.96. The predicted octanol–water partition coefficient (Wildman–Crippen LogP) is 3.66. The molecule has 1 atom stereocenters. The highest BCUT2D eigenvalue weighted by Gasteiger charge is 2.28. The summed E-state index contributed by atoms with van der Waals surface area (Å²) in [4.78, 5) is 12.4. The molecular weight excluding hydrogens is 275 g/mol. The summed E-state index contributed by atoms with van der Waals surface area (Å²) < 4.78 is 39.8. The van der Waals surface area contributed by atoms with Gasteiger partial charge in [-0.25, -0.2) is 13.2 Å². The van der Waals surface area contributed by atoms with Gasteiger partial charge in [0.2, 0.25) is 0 Å². The lowest BCUT2D eigenvalue weighted by Gasteiger charge is -2.08. The van der Waals surface area contributed by atoms with E-state index in [0.717, 1.165) is 11.3 Å². The van der Waals surface area contributed by atoms with E-state index in [1.165, 1.54) is 6.07 Å². The Labute approximate surface area is 110 Å². The van der Waals surface area contributed by atoms with Crippen LogP contribution >= 0.6 is 11.3 Å². The number of halogens is 3. The van der Waals surface area contributed by atoms with Gasteiger partial charge in [-0.15, -0.1) is 11.3 Å². The van der Waals surface area contributed by atoms with Crippen LogP contribution < -0.4 is 0 Å². The minimum absolute atomic E-state index is 0.385. The Bertz CT molecular complexity index is 638. The third kappa shape index (κ3) is 2.51. The highest BCUT2D eigenvalue weighted by atomic mass is 32.1. The van der Waals surface area contributed by atoms with Crippen LogP contribution in [-0.4, -0.2) is 5.78 Å². The monoisotopic (exact) mass is 281 g/mol. The quantitative estimate of drug-likeness (QED) is 0.806. The summed E-state index contributed by atoms with van der Waals surface area (Å²) in [5.41, 5.74) is -0.888. The van der Waals surface area contributed by atoms with Gasteiger partial charge in [-0.1, -0.05) is 6.07 Å². The maximum Gasteiger partial charge on any atom is 0.191 e. The van der Waals surface area contributed by atoms with Crippen molar-refractivity contribution in [1.82, 2.24) is 0 Å². The standard InChI is InChI=1S/C13H6F3NOS/c14-7-4-9(15)12(10(16)5-7)13(18)8(6-17)11-2-1-3-19-11/h1-5,8H. The summed E-state index contributed by atoms with van der Waals surface area (Å²) >= 11 is 1.13. The number of carbonyl (C=O) groups excluding carboxylic acids is 1. The van der Waals surface area contributed by atoms with E-state index in [2.05, 4.69) is 0 Å². The second-order valence-electron chi connectivity index (χ2n) is 3.69. The number of ketones is 1. The van der Waals surface area contributed by atoms with Crippen molar-refractivity contribution in [2.75, 3.05) is 0 Å². The van der Waals surface area contributed by atoms with Gasteiger partial charge in [0.25, 0.3) is 0 Å². The first-order valence-electron chi connectivity index (χ1n) is 5.16. The molecular formula is C13H6F3NOS. The van der Waals surface area contributed by atoms with Crippen molar-refractivity contribution in [3.8, 4) is 6.07 Å². The van der Waals surface area contributed by atoms with Crippen molar-refractivity contribution in [2.45, 2.75) is 5.92 Å². The topological polar surface area (TPSA) is 40.9 Å². The van der Waals surface area contributed by atoms with Gasteiger partial charge in [-0.3, -0.25) is 4.79 Å². The van der Waals surface area contributed by atoms with E-state index in [1.807, 2.05) is 0 Å². The fourth-order valence-corrected chi connectivity index (χ4v) is 2.40. The number of Topliss-reactive ketones (excluding diaryl/α,β-unsaturated/α-hetero) is 1. The summed E-state index contributed by atoms with van der Waals surface area (Å²) in [6, 6.07) is 5.68. The number of rotatable bonds is 3. The molecule has 1 heterocycles. The molecule has 0 saturated carbocycles. The molecule has 0 amide bonds. The molecule has 1 aromatic carbocycles. The number of nitriles is 1. The van der Waals surface area contributed by atoms with Gasteiger partial charge < -0.3 is 0 Å². The first-order chi connectivity index (χ1) is 9.04. The van der Waals surface area contributed by atoms with E-state index >= 15 is 0 Å². The van der Waals surface area contributed by atoms with E-state index in [1.54, 1.807) is 17.5 Å². The van der Waals surface area contributed by atoms with Crippen LogP contribution in [-0.2, 0) is 0 Å². The van der Waals surface area contributed by atoms with Gasteiger partial charge in [0.05, 0.1) is 11.6 Å². The van der Waals surface area contributed by atoms with Crippen LogP contribution in [0.5, 0.6) is 0 Å². The van der Waals surface area contributed by atoms with Crippen molar-refractivity contribution in [3.63, 3.8) is 0 Å². The maximum absolute atomic E-state index is 13.5. The number of carbonyl (C=O) groups is 1. The fraction of sp³-hybridized carbons (Fsp3) is 0.0769. The first-order valence-corrected chi connectivity index (χ1v) is 6.04. The number of benzene rings is 1. The van der Waals surface area contributed by atoms with Gasteiger partial charge in [0.1, 0.15) is 23.4 Å². The number of thiophene rings is 1. The van der Waals surface area contributed by atoms with E-state index < -0.39 is 34.7 Å². The largest absolute Gasteiger partial charge is 0.292 e. The van der Waals surface area contributed by atoms with Crippen LogP contribution in [0.25, 0.3) is 0 Å². The normalized spacial score (nSPS) is 11.9. The average Bonchev–Trinajstić information content (AvgIpc) is 2.82. The third-order valence-corrected chi connectivity index (χ3v) is 3.41. The number of nitrogens with zero attached hydrogens (tertiary/aromatic N) is 1. The molecule has 0 aliphatic heterocycles. The third-order valence-electron chi connectivity index (χ3n) is 2.47. The number of hydrogen-bond donors (Lipinski definition) is 0. The van der Waals surface area contributed by atoms with Crippen LogP contribution in [0.3, 0.4) is 0 Å². The Morgan fingerprint density at radius 1 is 1.26 bits per heavy atom. The van der Waals surface area contributed by atoms with Gasteiger partial charge in [-0.2, -0.15) is 5.26 Å². The molecule has 0 radical (unpaired) electrons. The predicted molar refractivity (Wildman–Crippen MR) is 63.3 cm³/mol. The van der Waals surface area contributed by atoms with Crippen molar-refractivity contribution < 1.29 is 18.0 Å². The minimum Gasteiger partial charge on any atom is -0.292 e. The molecule has 0 spiro atoms. The second-order valence-corrected chi connectivity index (χ2v) is 4.67. The molecule has 2 aromatic rings. The zero-order valence-electron chi connectivity index (χ0n) is 9.36. The molecule has 6 heteroatoms. The Balaban J connectivity index is 2.48. The molecule has 1 aromatic heterocycles. The molecule has 0 saturated heterocycles. The summed E-state index contributed by atoms with van der Waals surface area (Å²) in [6.07, 6.45) is 0. The summed E-state index contributed by atoms with van der Waals surface area (Å²) in [5.74, 6) is -6.04. The minimum atomic E-state index is -1.31. The second kappa shape index (κ2) is 5.24. The SMILES string of the molecule is N#CC(C(=O)c1c(F)cc(F)cc1F)c1cccs1. The van der Waals surface area contributed by atoms with Crippen LogP contribution in [0.2, 0.25) is 0 Å². The van der Waals surface area contributed by atoms with E-state index in [0.29, 0.717) is 17.0 Å². The average molecular weight is 281 g/mol. The van der Waals surface area contributed by atoms with Crippen LogP contribution in [0, 0.1) is 28.8 Å². The molecule has 0 aliphatic rings. The first kappa shape index (κ1) is 13.3. The Kier molecular flexibility index (Phi) is 3.67. The van der Waals surface area contributed by atoms with Crippen LogP contribution in [0.1, 0.15) is 21.2 Å². The Hall–Kier alpha value is -2.13. The fourth-order valence-electron chi connectivity index (χ4n) is 1.63. The van der Waals surface area contributed by atoms with Gasteiger partial charge >= 0.3 is 0 Å². The van der Waals surface area contributed by atoms with E-state index in [9.17, 15) is 18.0 Å². The summed E-state index contributed by atoms with van der Waals surface area (Å²) in [5, 5.41) is 10.6. The summed E-state index contributed by atoms with van der Waals surface area (Å²) in [7, 11) is 0. The van der Waals surface area contributed by atoms with Gasteiger partial charge in [-0.05, 0) is 11.4 Å². The molecule has 19 heavy (non-hydrogen) atoms. The maximum atomic E-state index is 13.5. The molecule has 0 bridgehead atoms. The molecule has 0 aliphatic carbocycles. The van der Waals surface area contributed by atoms with Crippen molar-refractivity contribution in [2.24, 2.45) is 0 Å². The zero-order chi connectivity index (χ0) is 14.0. The van der Waals surface area contributed by atoms with E-state index in [4.69, 9.17) is 5.26 Å². The highest BCUT2D eigenvalue weighted by Crippen LogP contribution is 2.27. The smallest absolute Gasteiger partial charge is 0.191 e. The molecule has 2 rings (SSSR count). The molecule has 2 nitrogen and oxygen atoms in total. The highest BCUT2D eigenvalue weighted by molar-refractivity contribution is 7.10. The molecule has 1 unspecified atom stereocenters. The summed E-state index contributed by atoms with van der Waals surface area (Å²) in [6.45, 7) is 0. The van der Waals surface area contributed by atoms with Crippen LogP contribution in [0.4, 0.5) is 13.2 Å². The number of hydrogen-bond acceptors (Lipinski definition) is 3.